The van der Waals surface area contributed by atoms with Gasteiger partial charge in [-0.3, -0.25) is 14.9 Å². The van der Waals surface area contributed by atoms with Crippen molar-refractivity contribution in [1.29, 1.82) is 0 Å². The van der Waals surface area contributed by atoms with Gasteiger partial charge in [0.15, 0.2) is 0 Å². The maximum absolute atomic E-state index is 12.1. The summed E-state index contributed by atoms with van der Waals surface area (Å²) in [5, 5.41) is 22.4. The minimum Gasteiger partial charge on any atom is -0.325 e. The predicted octanol–water partition coefficient (Wildman–Crippen LogP) is 4.40. The summed E-state index contributed by atoms with van der Waals surface area (Å²) >= 11 is 1.27. The number of hydrogen-bond donors (Lipinski definition) is 1. The Hall–Kier alpha value is -3.26. The van der Waals surface area contributed by atoms with Crippen molar-refractivity contribution in [2.45, 2.75) is 18.9 Å². The number of carbonyl (C=O) groups excluding carboxylic acids is 1. The second kappa shape index (κ2) is 8.62. The number of rotatable bonds is 6. The molecule has 1 heterocycles. The number of anilines is 1. The van der Waals surface area contributed by atoms with Crippen LogP contribution in [0.3, 0.4) is 0 Å². The zero-order chi connectivity index (χ0) is 20.1. The van der Waals surface area contributed by atoms with E-state index in [1.807, 2.05) is 38.1 Å². The Morgan fingerprint density at radius 3 is 2.43 bits per heavy atom. The van der Waals surface area contributed by atoms with Crippen LogP contribution in [-0.4, -0.2) is 26.8 Å². The van der Waals surface area contributed by atoms with Crippen LogP contribution >= 0.6 is 11.8 Å². The first kappa shape index (κ1) is 19.5. The standard InChI is InChI=1S/C20H18N4O3S/c1-13-3-8-17(14(2)11-13)18-9-10-20(23-22-18)28-12-19(25)21-15-4-6-16(7-5-15)24(26)27/h3-11H,12H2,1-2H3,(H,21,25). The fourth-order valence-corrected chi connectivity index (χ4v) is 3.26. The van der Waals surface area contributed by atoms with Crippen LogP contribution in [0.2, 0.25) is 0 Å². The number of nitrogens with zero attached hydrogens (tertiary/aromatic N) is 3. The summed E-state index contributed by atoms with van der Waals surface area (Å²) in [5.41, 5.74) is 4.64. The molecule has 0 fully saturated rings. The number of thioether (sulfide) groups is 1. The fourth-order valence-electron chi connectivity index (χ4n) is 2.64. The fraction of sp³-hybridized carbons (Fsp3) is 0.150. The first-order valence-corrected chi connectivity index (χ1v) is 9.49. The summed E-state index contributed by atoms with van der Waals surface area (Å²) < 4.78 is 0. The van der Waals surface area contributed by atoms with Crippen molar-refractivity contribution < 1.29 is 9.72 Å². The summed E-state index contributed by atoms with van der Waals surface area (Å²) in [5.74, 6) is -0.0618. The van der Waals surface area contributed by atoms with Gasteiger partial charge in [0.2, 0.25) is 5.91 Å². The number of amides is 1. The third-order valence-electron chi connectivity index (χ3n) is 4.01. The molecule has 1 aromatic heterocycles. The highest BCUT2D eigenvalue weighted by molar-refractivity contribution is 7.99. The summed E-state index contributed by atoms with van der Waals surface area (Å²) in [6.45, 7) is 4.08. The lowest BCUT2D eigenvalue weighted by molar-refractivity contribution is -0.384. The van der Waals surface area contributed by atoms with Gasteiger partial charge >= 0.3 is 0 Å². The van der Waals surface area contributed by atoms with Gasteiger partial charge < -0.3 is 5.32 Å². The zero-order valence-electron chi connectivity index (χ0n) is 15.4. The lowest BCUT2D eigenvalue weighted by atomic mass is 10.0. The largest absolute Gasteiger partial charge is 0.325 e. The van der Waals surface area contributed by atoms with E-state index >= 15 is 0 Å². The minimum atomic E-state index is -0.484. The van der Waals surface area contributed by atoms with Gasteiger partial charge in [0.25, 0.3) is 5.69 Å². The Bertz CT molecular complexity index is 1000. The summed E-state index contributed by atoms with van der Waals surface area (Å²) in [6, 6.07) is 15.6. The van der Waals surface area contributed by atoms with Crippen LogP contribution in [0.5, 0.6) is 0 Å². The molecule has 0 saturated heterocycles. The molecule has 0 atom stereocenters. The van der Waals surface area contributed by atoms with E-state index in [0.717, 1.165) is 16.8 Å². The minimum absolute atomic E-state index is 0.0217. The van der Waals surface area contributed by atoms with Crippen molar-refractivity contribution in [3.63, 3.8) is 0 Å². The van der Waals surface area contributed by atoms with E-state index in [1.165, 1.54) is 41.6 Å². The zero-order valence-corrected chi connectivity index (χ0v) is 16.2. The lowest BCUT2D eigenvalue weighted by Crippen LogP contribution is -2.14. The van der Waals surface area contributed by atoms with Crippen molar-refractivity contribution in [1.82, 2.24) is 10.2 Å². The molecule has 3 rings (SSSR count). The Morgan fingerprint density at radius 2 is 1.82 bits per heavy atom. The lowest BCUT2D eigenvalue weighted by Gasteiger charge is -2.07. The Morgan fingerprint density at radius 1 is 1.07 bits per heavy atom. The van der Waals surface area contributed by atoms with Gasteiger partial charge in [0, 0.05) is 23.4 Å². The van der Waals surface area contributed by atoms with Gasteiger partial charge in [0.1, 0.15) is 5.03 Å². The normalized spacial score (nSPS) is 10.5. The topological polar surface area (TPSA) is 98.0 Å². The number of nitro groups is 1. The van der Waals surface area contributed by atoms with Crippen LogP contribution in [0, 0.1) is 24.0 Å². The van der Waals surface area contributed by atoms with Gasteiger partial charge in [-0.1, -0.05) is 35.5 Å². The van der Waals surface area contributed by atoms with Crippen LogP contribution < -0.4 is 5.32 Å². The highest BCUT2D eigenvalue weighted by Crippen LogP contribution is 2.24. The first-order chi connectivity index (χ1) is 13.4. The van der Waals surface area contributed by atoms with E-state index in [4.69, 9.17) is 0 Å². The van der Waals surface area contributed by atoms with Gasteiger partial charge in [-0.05, 0) is 43.7 Å². The molecule has 8 heteroatoms. The smallest absolute Gasteiger partial charge is 0.269 e. The van der Waals surface area contributed by atoms with Crippen molar-refractivity contribution in [3.05, 3.63) is 75.8 Å². The first-order valence-electron chi connectivity index (χ1n) is 8.51. The molecular formula is C20H18N4O3S. The molecule has 0 aliphatic heterocycles. The molecule has 1 N–H and O–H groups in total. The molecule has 0 spiro atoms. The number of aryl methyl sites for hydroxylation is 2. The monoisotopic (exact) mass is 394 g/mol. The highest BCUT2D eigenvalue weighted by atomic mass is 32.2. The van der Waals surface area contributed by atoms with Gasteiger partial charge in [-0.15, -0.1) is 10.2 Å². The average molecular weight is 394 g/mol. The van der Waals surface area contributed by atoms with E-state index in [1.54, 1.807) is 0 Å². The molecule has 7 nitrogen and oxygen atoms in total. The molecule has 3 aromatic rings. The molecule has 1 amide bonds. The van der Waals surface area contributed by atoms with Gasteiger partial charge in [-0.25, -0.2) is 0 Å². The second-order valence-corrected chi connectivity index (χ2v) is 7.21. The molecule has 0 aliphatic carbocycles. The summed E-state index contributed by atoms with van der Waals surface area (Å²) in [6.07, 6.45) is 0. The molecule has 0 radical (unpaired) electrons. The molecule has 0 aliphatic rings. The molecule has 2 aromatic carbocycles. The quantitative estimate of drug-likeness (QED) is 0.378. The SMILES string of the molecule is Cc1ccc(-c2ccc(SCC(=O)Nc3ccc([N+](=O)[O-])cc3)nn2)c(C)c1. The number of nitro benzene ring substituents is 1. The maximum atomic E-state index is 12.1. The number of nitrogens with one attached hydrogen (secondary N) is 1. The molecule has 28 heavy (non-hydrogen) atoms. The molecular weight excluding hydrogens is 376 g/mol. The Balaban J connectivity index is 1.57. The van der Waals surface area contributed by atoms with Crippen LogP contribution in [0.4, 0.5) is 11.4 Å². The number of hydrogen-bond acceptors (Lipinski definition) is 6. The average Bonchev–Trinajstić information content (AvgIpc) is 2.67. The van der Waals surface area contributed by atoms with Crippen molar-refractivity contribution >= 4 is 29.0 Å². The Labute approximate surface area is 166 Å². The van der Waals surface area contributed by atoms with Crippen LogP contribution in [-0.2, 0) is 4.79 Å². The van der Waals surface area contributed by atoms with E-state index in [9.17, 15) is 14.9 Å². The van der Waals surface area contributed by atoms with Crippen molar-refractivity contribution in [3.8, 4) is 11.3 Å². The molecule has 0 saturated carbocycles. The maximum Gasteiger partial charge on any atom is 0.269 e. The third kappa shape index (κ3) is 4.92. The number of non-ortho nitro benzene ring substituents is 1. The van der Waals surface area contributed by atoms with Gasteiger partial charge in [0.05, 0.1) is 16.4 Å². The number of aromatic nitrogens is 2. The van der Waals surface area contributed by atoms with Crippen LogP contribution in [0.15, 0.2) is 59.6 Å². The van der Waals surface area contributed by atoms with Crippen LogP contribution in [0.1, 0.15) is 11.1 Å². The second-order valence-electron chi connectivity index (χ2n) is 6.22. The molecule has 0 unspecified atom stereocenters. The molecule has 142 valence electrons. The van der Waals surface area contributed by atoms with Gasteiger partial charge in [-0.2, -0.15) is 0 Å². The third-order valence-corrected chi connectivity index (χ3v) is 4.93. The summed E-state index contributed by atoms with van der Waals surface area (Å²) in [7, 11) is 0. The number of carbonyl (C=O) groups is 1. The Kier molecular flexibility index (Phi) is 6.00. The predicted molar refractivity (Wildman–Crippen MR) is 109 cm³/mol. The summed E-state index contributed by atoms with van der Waals surface area (Å²) in [4.78, 5) is 22.2. The van der Waals surface area contributed by atoms with E-state index < -0.39 is 4.92 Å². The van der Waals surface area contributed by atoms with E-state index in [2.05, 4.69) is 21.6 Å². The van der Waals surface area contributed by atoms with Crippen LogP contribution in [0.25, 0.3) is 11.3 Å². The highest BCUT2D eigenvalue weighted by Gasteiger charge is 2.09. The number of benzene rings is 2. The molecule has 0 bridgehead atoms. The van der Waals surface area contributed by atoms with Crippen molar-refractivity contribution in [2.75, 3.05) is 11.1 Å². The van der Waals surface area contributed by atoms with E-state index in [-0.39, 0.29) is 17.3 Å². The van der Waals surface area contributed by atoms with E-state index in [0.29, 0.717) is 10.7 Å². The van der Waals surface area contributed by atoms with Crippen molar-refractivity contribution in [2.24, 2.45) is 0 Å².